The van der Waals surface area contributed by atoms with Crippen molar-refractivity contribution >= 4 is 11.6 Å². The molecule has 0 radical (unpaired) electrons. The number of rotatable bonds is 4. The van der Waals surface area contributed by atoms with Gasteiger partial charge in [0.25, 0.3) is 5.91 Å². The molecule has 2 aliphatic rings. The molecule has 26 heavy (non-hydrogen) atoms. The molecular formula is C20H23N3O3. The van der Waals surface area contributed by atoms with E-state index >= 15 is 0 Å². The van der Waals surface area contributed by atoms with Crippen LogP contribution in [0.2, 0.25) is 0 Å². The molecule has 0 atom stereocenters. The van der Waals surface area contributed by atoms with E-state index in [1.165, 1.54) is 0 Å². The third-order valence-electron chi connectivity index (χ3n) is 4.92. The van der Waals surface area contributed by atoms with Gasteiger partial charge in [0.2, 0.25) is 6.79 Å². The van der Waals surface area contributed by atoms with Crippen molar-refractivity contribution in [2.75, 3.05) is 24.8 Å². The molecule has 2 aromatic carbocycles. The Labute approximate surface area is 152 Å². The number of hydrogen-bond acceptors (Lipinski definition) is 5. The van der Waals surface area contributed by atoms with E-state index in [1.54, 1.807) is 0 Å². The van der Waals surface area contributed by atoms with E-state index in [0.29, 0.717) is 12.1 Å². The predicted octanol–water partition coefficient (Wildman–Crippen LogP) is 2.27. The first kappa shape index (κ1) is 16.7. The highest BCUT2D eigenvalue weighted by atomic mass is 16.7. The number of ether oxygens (including phenoxy) is 2. The van der Waals surface area contributed by atoms with Gasteiger partial charge in [-0.05, 0) is 42.7 Å². The largest absolute Gasteiger partial charge is 0.454 e. The smallest absolute Gasteiger partial charge is 0.253 e. The molecule has 2 aromatic rings. The summed E-state index contributed by atoms with van der Waals surface area (Å²) in [7, 11) is 0. The van der Waals surface area contributed by atoms with Gasteiger partial charge >= 0.3 is 0 Å². The maximum absolute atomic E-state index is 12.8. The van der Waals surface area contributed by atoms with Crippen molar-refractivity contribution in [2.45, 2.75) is 25.4 Å². The molecule has 0 aliphatic carbocycles. The van der Waals surface area contributed by atoms with Crippen molar-refractivity contribution < 1.29 is 14.3 Å². The first-order chi connectivity index (χ1) is 12.7. The number of nitrogens with two attached hydrogens (primary N) is 1. The zero-order valence-corrected chi connectivity index (χ0v) is 14.6. The Morgan fingerprint density at radius 3 is 2.73 bits per heavy atom. The van der Waals surface area contributed by atoms with Gasteiger partial charge in [0, 0.05) is 31.4 Å². The zero-order valence-electron chi connectivity index (χ0n) is 14.6. The van der Waals surface area contributed by atoms with Crippen LogP contribution in [0.3, 0.4) is 0 Å². The minimum absolute atomic E-state index is 0.0758. The highest BCUT2D eigenvalue weighted by Crippen LogP contribution is 2.32. The summed E-state index contributed by atoms with van der Waals surface area (Å²) in [5.41, 5.74) is 8.65. The third kappa shape index (κ3) is 3.46. The molecule has 6 heteroatoms. The van der Waals surface area contributed by atoms with Gasteiger partial charge in [0.15, 0.2) is 11.5 Å². The second-order valence-electron chi connectivity index (χ2n) is 6.71. The quantitative estimate of drug-likeness (QED) is 0.882. The molecule has 0 aromatic heterocycles. The topological polar surface area (TPSA) is 76.8 Å². The number of benzene rings is 2. The number of carbonyl (C=O) groups is 1. The van der Waals surface area contributed by atoms with Crippen LogP contribution in [0.5, 0.6) is 11.5 Å². The minimum Gasteiger partial charge on any atom is -0.454 e. The fourth-order valence-electron chi connectivity index (χ4n) is 3.41. The molecule has 1 saturated heterocycles. The Balaban J connectivity index is 1.45. The van der Waals surface area contributed by atoms with E-state index in [9.17, 15) is 4.79 Å². The van der Waals surface area contributed by atoms with Crippen molar-refractivity contribution in [2.24, 2.45) is 5.73 Å². The van der Waals surface area contributed by atoms with Gasteiger partial charge in [0.05, 0.1) is 5.56 Å². The van der Waals surface area contributed by atoms with E-state index in [4.69, 9.17) is 15.2 Å². The van der Waals surface area contributed by atoms with Gasteiger partial charge in [-0.3, -0.25) is 4.79 Å². The maximum atomic E-state index is 12.8. The number of fused-ring (bicyclic) bond motifs is 1. The lowest BCUT2D eigenvalue weighted by Gasteiger charge is -2.33. The van der Waals surface area contributed by atoms with E-state index in [1.807, 2.05) is 42.5 Å². The Morgan fingerprint density at radius 1 is 1.12 bits per heavy atom. The van der Waals surface area contributed by atoms with Crippen LogP contribution in [0.1, 0.15) is 28.8 Å². The van der Waals surface area contributed by atoms with E-state index in [-0.39, 0.29) is 18.7 Å². The number of anilines is 1. The van der Waals surface area contributed by atoms with Gasteiger partial charge in [-0.15, -0.1) is 0 Å². The van der Waals surface area contributed by atoms with Crippen molar-refractivity contribution in [1.29, 1.82) is 0 Å². The molecule has 1 amide bonds. The lowest BCUT2D eigenvalue weighted by Crippen LogP contribution is -2.40. The molecule has 4 rings (SSSR count). The molecule has 3 N–H and O–H groups in total. The second-order valence-corrected chi connectivity index (χ2v) is 6.71. The first-order valence-electron chi connectivity index (χ1n) is 8.97. The van der Waals surface area contributed by atoms with Crippen molar-refractivity contribution in [3.63, 3.8) is 0 Å². The van der Waals surface area contributed by atoms with E-state index < -0.39 is 0 Å². The van der Waals surface area contributed by atoms with Crippen LogP contribution in [-0.4, -0.2) is 31.8 Å². The summed E-state index contributed by atoms with van der Waals surface area (Å²) in [4.78, 5) is 15.0. The summed E-state index contributed by atoms with van der Waals surface area (Å²) >= 11 is 0. The predicted molar refractivity (Wildman–Crippen MR) is 99.6 cm³/mol. The molecule has 0 unspecified atom stereocenters. The first-order valence-corrected chi connectivity index (χ1v) is 8.97. The van der Waals surface area contributed by atoms with Gasteiger partial charge in [0.1, 0.15) is 0 Å². The van der Waals surface area contributed by atoms with Gasteiger partial charge in [-0.1, -0.05) is 18.2 Å². The van der Waals surface area contributed by atoms with Crippen LogP contribution in [0.15, 0.2) is 42.5 Å². The Hall–Kier alpha value is -2.73. The van der Waals surface area contributed by atoms with Gasteiger partial charge < -0.3 is 25.4 Å². The van der Waals surface area contributed by atoms with Crippen molar-refractivity contribution in [1.82, 2.24) is 5.32 Å². The molecule has 6 nitrogen and oxygen atoms in total. The summed E-state index contributed by atoms with van der Waals surface area (Å²) < 4.78 is 10.7. The molecular weight excluding hydrogens is 330 g/mol. The number of para-hydroxylation sites is 1. The van der Waals surface area contributed by atoms with Crippen molar-refractivity contribution in [3.05, 3.63) is 53.6 Å². The number of piperidine rings is 1. The lowest BCUT2D eigenvalue weighted by atomic mass is 10.0. The van der Waals surface area contributed by atoms with Crippen LogP contribution >= 0.6 is 0 Å². The number of hydrogen-bond donors (Lipinski definition) is 2. The van der Waals surface area contributed by atoms with Crippen LogP contribution < -0.4 is 25.4 Å². The molecule has 0 spiro atoms. The summed E-state index contributed by atoms with van der Waals surface area (Å²) in [6, 6.07) is 13.7. The zero-order chi connectivity index (χ0) is 17.9. The Bertz CT molecular complexity index is 801. The van der Waals surface area contributed by atoms with Crippen LogP contribution in [0, 0.1) is 0 Å². The minimum atomic E-state index is -0.0758. The molecule has 1 fully saturated rings. The van der Waals surface area contributed by atoms with Gasteiger partial charge in [-0.25, -0.2) is 0 Å². The fraction of sp³-hybridized carbons (Fsp3) is 0.350. The number of nitrogens with one attached hydrogen (secondary N) is 1. The van der Waals surface area contributed by atoms with E-state index in [0.717, 1.165) is 48.7 Å². The van der Waals surface area contributed by atoms with Crippen LogP contribution in [-0.2, 0) is 6.54 Å². The standard InChI is InChI=1S/C20H23N3O3/c21-15-7-9-23(10-8-15)17-4-2-1-3-16(17)20(24)22-12-14-5-6-18-19(11-14)26-13-25-18/h1-6,11,15H,7-10,12-13,21H2,(H,22,24). The number of amides is 1. The molecule has 2 aliphatic heterocycles. The van der Waals surface area contributed by atoms with Gasteiger partial charge in [-0.2, -0.15) is 0 Å². The second kappa shape index (κ2) is 7.25. The maximum Gasteiger partial charge on any atom is 0.253 e. The molecule has 2 heterocycles. The normalized spacial score (nSPS) is 16.6. The molecule has 0 saturated carbocycles. The van der Waals surface area contributed by atoms with Crippen LogP contribution in [0.4, 0.5) is 5.69 Å². The average molecular weight is 353 g/mol. The Kier molecular flexibility index (Phi) is 4.67. The monoisotopic (exact) mass is 353 g/mol. The fourth-order valence-corrected chi connectivity index (χ4v) is 3.41. The highest BCUT2D eigenvalue weighted by Gasteiger charge is 2.21. The number of nitrogens with zero attached hydrogens (tertiary/aromatic N) is 1. The molecule has 136 valence electrons. The molecule has 0 bridgehead atoms. The number of carbonyl (C=O) groups excluding carboxylic acids is 1. The summed E-state index contributed by atoms with van der Waals surface area (Å²) in [6.07, 6.45) is 1.90. The Morgan fingerprint density at radius 2 is 1.88 bits per heavy atom. The highest BCUT2D eigenvalue weighted by molar-refractivity contribution is 5.99. The van der Waals surface area contributed by atoms with Crippen LogP contribution in [0.25, 0.3) is 0 Å². The van der Waals surface area contributed by atoms with E-state index in [2.05, 4.69) is 10.2 Å². The SMILES string of the molecule is NC1CCN(c2ccccc2C(=O)NCc2ccc3c(c2)OCO3)CC1. The summed E-state index contributed by atoms with van der Waals surface area (Å²) in [5, 5.41) is 3.01. The average Bonchev–Trinajstić information content (AvgIpc) is 3.14. The third-order valence-corrected chi connectivity index (χ3v) is 4.92. The summed E-state index contributed by atoms with van der Waals surface area (Å²) in [5.74, 6) is 1.39. The lowest BCUT2D eigenvalue weighted by molar-refractivity contribution is 0.0951. The van der Waals surface area contributed by atoms with Crippen molar-refractivity contribution in [3.8, 4) is 11.5 Å². The summed E-state index contributed by atoms with van der Waals surface area (Å²) in [6.45, 7) is 2.45.